The zero-order valence-corrected chi connectivity index (χ0v) is 9.55. The molecule has 1 rings (SSSR count). The fourth-order valence-corrected chi connectivity index (χ4v) is 1.68. The van der Waals surface area contributed by atoms with Gasteiger partial charge in [-0.3, -0.25) is 0 Å². The van der Waals surface area contributed by atoms with E-state index in [1.54, 1.807) is 0 Å². The summed E-state index contributed by atoms with van der Waals surface area (Å²) in [4.78, 5) is 4.47. The standard InChI is InChI=1S/C11H20N2/c1-8(2)13-7-12-10(9(13)3)11(4,5)6/h7-8H,1-6H3. The Balaban J connectivity index is 3.14. The minimum Gasteiger partial charge on any atom is -0.332 e. The lowest BCUT2D eigenvalue weighted by Crippen LogP contribution is -2.14. The highest BCUT2D eigenvalue weighted by Gasteiger charge is 2.20. The van der Waals surface area contributed by atoms with Crippen molar-refractivity contribution in [3.05, 3.63) is 17.7 Å². The normalized spacial score (nSPS) is 12.5. The molecule has 0 saturated heterocycles. The average Bonchev–Trinajstić information content (AvgIpc) is 2.28. The molecule has 13 heavy (non-hydrogen) atoms. The van der Waals surface area contributed by atoms with Gasteiger partial charge >= 0.3 is 0 Å². The molecule has 0 N–H and O–H groups in total. The molecule has 2 heteroatoms. The zero-order valence-electron chi connectivity index (χ0n) is 9.55. The second kappa shape index (κ2) is 3.17. The highest BCUT2D eigenvalue weighted by Crippen LogP contribution is 2.25. The smallest absolute Gasteiger partial charge is 0.0954 e. The third-order valence-corrected chi connectivity index (χ3v) is 2.31. The first-order chi connectivity index (χ1) is 5.84. The Hall–Kier alpha value is -0.790. The first kappa shape index (κ1) is 10.3. The molecule has 1 heterocycles. The Morgan fingerprint density at radius 1 is 1.31 bits per heavy atom. The first-order valence-corrected chi connectivity index (χ1v) is 4.88. The molecule has 0 amide bonds. The van der Waals surface area contributed by atoms with Crippen LogP contribution in [0.25, 0.3) is 0 Å². The van der Waals surface area contributed by atoms with E-state index < -0.39 is 0 Å². The van der Waals surface area contributed by atoms with Gasteiger partial charge in [-0.15, -0.1) is 0 Å². The maximum atomic E-state index is 4.47. The highest BCUT2D eigenvalue weighted by molar-refractivity contribution is 5.20. The third-order valence-electron chi connectivity index (χ3n) is 2.31. The van der Waals surface area contributed by atoms with Gasteiger partial charge in [-0.05, 0) is 20.8 Å². The Bertz CT molecular complexity index is 290. The lowest BCUT2D eigenvalue weighted by molar-refractivity contribution is 0.552. The van der Waals surface area contributed by atoms with Crippen molar-refractivity contribution >= 4 is 0 Å². The van der Waals surface area contributed by atoms with Crippen LogP contribution < -0.4 is 0 Å². The summed E-state index contributed by atoms with van der Waals surface area (Å²) in [7, 11) is 0. The van der Waals surface area contributed by atoms with Gasteiger partial charge in [-0.2, -0.15) is 0 Å². The topological polar surface area (TPSA) is 17.8 Å². The van der Waals surface area contributed by atoms with Gasteiger partial charge in [0.05, 0.1) is 12.0 Å². The van der Waals surface area contributed by atoms with Crippen LogP contribution in [0.5, 0.6) is 0 Å². The Labute approximate surface area is 81.0 Å². The van der Waals surface area contributed by atoms with Gasteiger partial charge in [-0.25, -0.2) is 4.98 Å². The fourth-order valence-electron chi connectivity index (χ4n) is 1.68. The summed E-state index contributed by atoms with van der Waals surface area (Å²) >= 11 is 0. The number of aromatic nitrogens is 2. The molecule has 0 bridgehead atoms. The summed E-state index contributed by atoms with van der Waals surface area (Å²) in [6.07, 6.45) is 1.95. The maximum absolute atomic E-state index is 4.47. The number of hydrogen-bond acceptors (Lipinski definition) is 1. The van der Waals surface area contributed by atoms with Crippen molar-refractivity contribution < 1.29 is 0 Å². The van der Waals surface area contributed by atoms with Crippen molar-refractivity contribution in [3.8, 4) is 0 Å². The molecule has 2 nitrogen and oxygen atoms in total. The number of nitrogens with zero attached hydrogens (tertiary/aromatic N) is 2. The van der Waals surface area contributed by atoms with E-state index in [-0.39, 0.29) is 5.41 Å². The van der Waals surface area contributed by atoms with Crippen LogP contribution in [0.15, 0.2) is 6.33 Å². The third kappa shape index (κ3) is 1.93. The second-order valence-electron chi connectivity index (χ2n) is 4.93. The summed E-state index contributed by atoms with van der Waals surface area (Å²) in [5.74, 6) is 0. The van der Waals surface area contributed by atoms with Crippen molar-refractivity contribution in [2.24, 2.45) is 0 Å². The van der Waals surface area contributed by atoms with Gasteiger partial charge < -0.3 is 4.57 Å². The molecular weight excluding hydrogens is 160 g/mol. The minimum atomic E-state index is 0.157. The Morgan fingerprint density at radius 3 is 2.08 bits per heavy atom. The van der Waals surface area contributed by atoms with Crippen LogP contribution in [0, 0.1) is 6.92 Å². The van der Waals surface area contributed by atoms with Crippen LogP contribution in [0.1, 0.15) is 52.0 Å². The maximum Gasteiger partial charge on any atom is 0.0954 e. The largest absolute Gasteiger partial charge is 0.332 e. The van der Waals surface area contributed by atoms with Gasteiger partial charge in [0.15, 0.2) is 0 Å². The van der Waals surface area contributed by atoms with Crippen molar-refractivity contribution in [1.29, 1.82) is 0 Å². The molecule has 74 valence electrons. The van der Waals surface area contributed by atoms with Gasteiger partial charge in [0.1, 0.15) is 0 Å². The molecule has 0 fully saturated rings. The van der Waals surface area contributed by atoms with Gasteiger partial charge in [0.25, 0.3) is 0 Å². The molecule has 1 aromatic rings. The predicted octanol–water partition coefficient (Wildman–Crippen LogP) is 3.07. The van der Waals surface area contributed by atoms with E-state index in [1.807, 2.05) is 6.33 Å². The van der Waals surface area contributed by atoms with Gasteiger partial charge in [0, 0.05) is 17.2 Å². The molecular formula is C11H20N2. The summed E-state index contributed by atoms with van der Waals surface area (Å²) in [5.41, 5.74) is 2.66. The van der Waals surface area contributed by atoms with Crippen LogP contribution in [0.2, 0.25) is 0 Å². The molecule has 0 aliphatic heterocycles. The van der Waals surface area contributed by atoms with Crippen molar-refractivity contribution in [1.82, 2.24) is 9.55 Å². The van der Waals surface area contributed by atoms with E-state index in [0.717, 1.165) is 0 Å². The minimum absolute atomic E-state index is 0.157. The van der Waals surface area contributed by atoms with Crippen LogP contribution in [-0.4, -0.2) is 9.55 Å². The summed E-state index contributed by atoms with van der Waals surface area (Å²) in [6.45, 7) is 13.1. The molecule has 0 radical (unpaired) electrons. The molecule has 0 unspecified atom stereocenters. The lowest BCUT2D eigenvalue weighted by Gasteiger charge is -2.18. The van der Waals surface area contributed by atoms with E-state index in [1.165, 1.54) is 11.4 Å². The molecule has 1 aromatic heterocycles. The van der Waals surface area contributed by atoms with Crippen molar-refractivity contribution in [3.63, 3.8) is 0 Å². The van der Waals surface area contributed by atoms with Crippen LogP contribution in [0.4, 0.5) is 0 Å². The van der Waals surface area contributed by atoms with E-state index in [2.05, 4.69) is 51.1 Å². The SMILES string of the molecule is Cc1c(C(C)(C)C)ncn1C(C)C. The van der Waals surface area contributed by atoms with E-state index in [0.29, 0.717) is 6.04 Å². The lowest BCUT2D eigenvalue weighted by atomic mass is 9.91. The average molecular weight is 180 g/mol. The van der Waals surface area contributed by atoms with E-state index in [9.17, 15) is 0 Å². The molecule has 0 atom stereocenters. The first-order valence-electron chi connectivity index (χ1n) is 4.88. The summed E-state index contributed by atoms with van der Waals surface area (Å²) in [5, 5.41) is 0. The van der Waals surface area contributed by atoms with Crippen molar-refractivity contribution in [2.45, 2.75) is 53.0 Å². The van der Waals surface area contributed by atoms with Crippen LogP contribution in [-0.2, 0) is 5.41 Å². The van der Waals surface area contributed by atoms with Crippen LogP contribution in [0.3, 0.4) is 0 Å². The Kier molecular flexibility index (Phi) is 2.51. The number of hydrogen-bond donors (Lipinski definition) is 0. The molecule has 0 aromatic carbocycles. The Morgan fingerprint density at radius 2 is 1.85 bits per heavy atom. The fraction of sp³-hybridized carbons (Fsp3) is 0.727. The molecule has 0 saturated carbocycles. The number of rotatable bonds is 1. The van der Waals surface area contributed by atoms with Gasteiger partial charge in [0.2, 0.25) is 0 Å². The summed E-state index contributed by atoms with van der Waals surface area (Å²) < 4.78 is 2.22. The second-order valence-corrected chi connectivity index (χ2v) is 4.93. The quantitative estimate of drug-likeness (QED) is 0.649. The summed E-state index contributed by atoms with van der Waals surface area (Å²) in [6, 6.07) is 0.503. The zero-order chi connectivity index (χ0) is 10.2. The highest BCUT2D eigenvalue weighted by atomic mass is 15.1. The van der Waals surface area contributed by atoms with E-state index >= 15 is 0 Å². The van der Waals surface area contributed by atoms with Crippen molar-refractivity contribution in [2.75, 3.05) is 0 Å². The van der Waals surface area contributed by atoms with Gasteiger partial charge in [-0.1, -0.05) is 20.8 Å². The molecule has 0 aliphatic carbocycles. The monoisotopic (exact) mass is 180 g/mol. The van der Waals surface area contributed by atoms with E-state index in [4.69, 9.17) is 0 Å². The molecule has 0 spiro atoms. The number of imidazole rings is 1. The van der Waals surface area contributed by atoms with Crippen LogP contribution >= 0.6 is 0 Å². The molecule has 0 aliphatic rings. The predicted molar refractivity (Wildman–Crippen MR) is 56.0 cm³/mol.